The van der Waals surface area contributed by atoms with Gasteiger partial charge in [0.15, 0.2) is 0 Å². The zero-order valence-electron chi connectivity index (χ0n) is 12.6. The topological polar surface area (TPSA) is 41.3 Å². The van der Waals surface area contributed by atoms with Crippen molar-refractivity contribution in [3.05, 3.63) is 53.3 Å². The third-order valence-corrected chi connectivity index (χ3v) is 4.40. The average Bonchev–Trinajstić information content (AvgIpc) is 2.95. The number of rotatable bonds is 4. The Bertz CT molecular complexity index is 568. The van der Waals surface area contributed by atoms with Gasteiger partial charge in [0.2, 0.25) is 0 Å². The van der Waals surface area contributed by atoms with Gasteiger partial charge in [0, 0.05) is 19.8 Å². The quantitative estimate of drug-likeness (QED) is 0.937. The van der Waals surface area contributed by atoms with Gasteiger partial charge in [-0.3, -0.25) is 9.58 Å². The fourth-order valence-electron chi connectivity index (χ4n) is 3.08. The third-order valence-electron chi connectivity index (χ3n) is 4.40. The van der Waals surface area contributed by atoms with Crippen molar-refractivity contribution in [2.24, 2.45) is 7.05 Å². The second-order valence-corrected chi connectivity index (χ2v) is 5.97. The molecule has 4 heteroatoms. The molecule has 0 amide bonds. The SMILES string of the molecule is Cn1cc(C2CCN(Cc3ccc(CO)cc3)CC2)cn1. The number of aliphatic hydroxyl groups excluding tert-OH is 1. The minimum atomic E-state index is 0.122. The summed E-state index contributed by atoms with van der Waals surface area (Å²) in [6.45, 7) is 3.41. The van der Waals surface area contributed by atoms with E-state index in [9.17, 15) is 0 Å². The fourth-order valence-corrected chi connectivity index (χ4v) is 3.08. The molecule has 0 saturated carbocycles. The lowest BCUT2D eigenvalue weighted by atomic mass is 9.91. The first-order valence-electron chi connectivity index (χ1n) is 7.64. The number of likely N-dealkylation sites (tertiary alicyclic amines) is 1. The Morgan fingerprint density at radius 2 is 1.81 bits per heavy atom. The number of nitrogens with zero attached hydrogens (tertiary/aromatic N) is 3. The summed E-state index contributed by atoms with van der Waals surface area (Å²) in [5.41, 5.74) is 3.69. The standard InChI is InChI=1S/C17H23N3O/c1-19-12-17(10-18-19)16-6-8-20(9-7-16)11-14-2-4-15(13-21)5-3-14/h2-5,10,12,16,21H,6-9,11,13H2,1H3. The maximum absolute atomic E-state index is 9.07. The Kier molecular flexibility index (Phi) is 4.36. The zero-order chi connectivity index (χ0) is 14.7. The predicted octanol–water partition coefficient (Wildman–Crippen LogP) is 2.29. The van der Waals surface area contributed by atoms with Gasteiger partial charge in [0.25, 0.3) is 0 Å². The van der Waals surface area contributed by atoms with Crippen LogP contribution in [0.15, 0.2) is 36.7 Å². The molecule has 4 nitrogen and oxygen atoms in total. The van der Waals surface area contributed by atoms with E-state index in [4.69, 9.17) is 5.11 Å². The monoisotopic (exact) mass is 285 g/mol. The maximum Gasteiger partial charge on any atom is 0.0681 e. The van der Waals surface area contributed by atoms with E-state index < -0.39 is 0 Å². The van der Waals surface area contributed by atoms with Crippen LogP contribution >= 0.6 is 0 Å². The van der Waals surface area contributed by atoms with Crippen molar-refractivity contribution in [3.63, 3.8) is 0 Å². The summed E-state index contributed by atoms with van der Waals surface area (Å²) < 4.78 is 1.89. The molecule has 1 aliphatic heterocycles. The van der Waals surface area contributed by atoms with Crippen molar-refractivity contribution in [1.29, 1.82) is 0 Å². The molecular weight excluding hydrogens is 262 g/mol. The number of benzene rings is 1. The molecule has 1 aromatic carbocycles. The first-order valence-corrected chi connectivity index (χ1v) is 7.64. The number of hydrogen-bond acceptors (Lipinski definition) is 3. The predicted molar refractivity (Wildman–Crippen MR) is 82.8 cm³/mol. The smallest absolute Gasteiger partial charge is 0.0681 e. The largest absolute Gasteiger partial charge is 0.392 e. The molecule has 112 valence electrons. The van der Waals surface area contributed by atoms with E-state index in [0.717, 1.165) is 25.2 Å². The van der Waals surface area contributed by atoms with Crippen LogP contribution in [0, 0.1) is 0 Å². The van der Waals surface area contributed by atoms with Gasteiger partial charge < -0.3 is 5.11 Å². The fraction of sp³-hybridized carbons (Fsp3) is 0.471. The molecule has 0 aliphatic carbocycles. The molecule has 2 aromatic rings. The minimum Gasteiger partial charge on any atom is -0.392 e. The average molecular weight is 285 g/mol. The van der Waals surface area contributed by atoms with Crippen LogP contribution in [0.2, 0.25) is 0 Å². The van der Waals surface area contributed by atoms with Crippen LogP contribution in [0.4, 0.5) is 0 Å². The number of aromatic nitrogens is 2. The van der Waals surface area contributed by atoms with Crippen LogP contribution in [-0.4, -0.2) is 32.9 Å². The van der Waals surface area contributed by atoms with Gasteiger partial charge in [0.1, 0.15) is 0 Å². The zero-order valence-corrected chi connectivity index (χ0v) is 12.6. The van der Waals surface area contributed by atoms with Crippen molar-refractivity contribution in [1.82, 2.24) is 14.7 Å². The van der Waals surface area contributed by atoms with E-state index in [2.05, 4.69) is 28.3 Å². The van der Waals surface area contributed by atoms with Crippen molar-refractivity contribution in [3.8, 4) is 0 Å². The molecule has 1 aliphatic rings. The summed E-state index contributed by atoms with van der Waals surface area (Å²) in [5, 5.41) is 13.3. The molecule has 1 aromatic heterocycles. The Hall–Kier alpha value is -1.65. The van der Waals surface area contributed by atoms with E-state index in [-0.39, 0.29) is 6.61 Å². The molecular formula is C17H23N3O. The molecule has 1 fully saturated rings. The van der Waals surface area contributed by atoms with Gasteiger partial charge in [-0.1, -0.05) is 24.3 Å². The van der Waals surface area contributed by atoms with Gasteiger partial charge in [-0.25, -0.2) is 0 Å². The van der Waals surface area contributed by atoms with Gasteiger partial charge in [-0.15, -0.1) is 0 Å². The molecule has 0 atom stereocenters. The molecule has 0 radical (unpaired) electrons. The van der Waals surface area contributed by atoms with E-state index in [1.165, 1.54) is 24.0 Å². The number of piperidine rings is 1. The first kappa shape index (κ1) is 14.3. The highest BCUT2D eigenvalue weighted by Gasteiger charge is 2.21. The van der Waals surface area contributed by atoms with Gasteiger partial charge in [-0.2, -0.15) is 5.10 Å². The molecule has 2 heterocycles. The highest BCUT2D eigenvalue weighted by Crippen LogP contribution is 2.28. The highest BCUT2D eigenvalue weighted by atomic mass is 16.3. The molecule has 21 heavy (non-hydrogen) atoms. The van der Waals surface area contributed by atoms with Crippen LogP contribution in [0.5, 0.6) is 0 Å². The van der Waals surface area contributed by atoms with Crippen LogP contribution in [0.1, 0.15) is 35.4 Å². The molecule has 0 bridgehead atoms. The maximum atomic E-state index is 9.07. The minimum absolute atomic E-state index is 0.122. The van der Waals surface area contributed by atoms with Crippen LogP contribution in [0.3, 0.4) is 0 Å². The Morgan fingerprint density at radius 1 is 1.14 bits per heavy atom. The van der Waals surface area contributed by atoms with E-state index in [0.29, 0.717) is 5.92 Å². The van der Waals surface area contributed by atoms with Gasteiger partial charge in [0.05, 0.1) is 12.8 Å². The second-order valence-electron chi connectivity index (χ2n) is 5.97. The number of hydrogen-bond donors (Lipinski definition) is 1. The lowest BCUT2D eigenvalue weighted by Crippen LogP contribution is -2.32. The summed E-state index contributed by atoms with van der Waals surface area (Å²) in [5.74, 6) is 0.659. The summed E-state index contributed by atoms with van der Waals surface area (Å²) in [6.07, 6.45) is 6.57. The van der Waals surface area contributed by atoms with Crippen molar-refractivity contribution < 1.29 is 5.11 Å². The van der Waals surface area contributed by atoms with Crippen LogP contribution in [0.25, 0.3) is 0 Å². The third kappa shape index (κ3) is 3.52. The van der Waals surface area contributed by atoms with Gasteiger partial charge in [-0.05, 0) is 48.5 Å². The van der Waals surface area contributed by atoms with Crippen LogP contribution < -0.4 is 0 Å². The Balaban J connectivity index is 1.53. The Morgan fingerprint density at radius 3 is 2.38 bits per heavy atom. The van der Waals surface area contributed by atoms with E-state index in [1.54, 1.807) is 0 Å². The highest BCUT2D eigenvalue weighted by molar-refractivity contribution is 5.22. The van der Waals surface area contributed by atoms with Crippen molar-refractivity contribution in [2.45, 2.75) is 31.9 Å². The van der Waals surface area contributed by atoms with Gasteiger partial charge >= 0.3 is 0 Å². The summed E-state index contributed by atoms with van der Waals surface area (Å²) in [4.78, 5) is 2.51. The first-order chi connectivity index (χ1) is 10.2. The summed E-state index contributed by atoms with van der Waals surface area (Å²) >= 11 is 0. The lowest BCUT2D eigenvalue weighted by Gasteiger charge is -2.31. The van der Waals surface area contributed by atoms with E-state index >= 15 is 0 Å². The summed E-state index contributed by atoms with van der Waals surface area (Å²) in [7, 11) is 1.98. The van der Waals surface area contributed by atoms with Crippen molar-refractivity contribution >= 4 is 0 Å². The van der Waals surface area contributed by atoms with Crippen LogP contribution in [-0.2, 0) is 20.2 Å². The molecule has 0 unspecified atom stereocenters. The lowest BCUT2D eigenvalue weighted by molar-refractivity contribution is 0.204. The van der Waals surface area contributed by atoms with Crippen molar-refractivity contribution in [2.75, 3.05) is 13.1 Å². The molecule has 1 N–H and O–H groups in total. The number of aliphatic hydroxyl groups is 1. The Labute approximate surface area is 126 Å². The molecule has 1 saturated heterocycles. The second kappa shape index (κ2) is 6.41. The molecule has 3 rings (SSSR count). The molecule has 0 spiro atoms. The summed E-state index contributed by atoms with van der Waals surface area (Å²) in [6, 6.07) is 8.27. The number of aryl methyl sites for hydroxylation is 1. The van der Waals surface area contributed by atoms with E-state index in [1.807, 2.05) is 30.1 Å². The normalized spacial score (nSPS) is 17.2.